The maximum absolute atomic E-state index is 9.82. The van der Waals surface area contributed by atoms with Crippen LogP contribution in [0.3, 0.4) is 0 Å². The van der Waals surface area contributed by atoms with Crippen LogP contribution in [0.2, 0.25) is 0 Å². The van der Waals surface area contributed by atoms with Crippen LogP contribution < -0.4 is 0 Å². The summed E-state index contributed by atoms with van der Waals surface area (Å²) >= 11 is 0. The summed E-state index contributed by atoms with van der Waals surface area (Å²) in [6, 6.07) is 0. The lowest BCUT2D eigenvalue weighted by Crippen LogP contribution is -2.46. The molecular weight excluding hydrogens is 156 g/mol. The first-order valence-corrected chi connectivity index (χ1v) is 4.52. The van der Waals surface area contributed by atoms with Gasteiger partial charge in [-0.2, -0.15) is 0 Å². The van der Waals surface area contributed by atoms with Gasteiger partial charge in [0.2, 0.25) is 0 Å². The molecule has 4 unspecified atom stereocenters. The van der Waals surface area contributed by atoms with E-state index >= 15 is 0 Å². The Morgan fingerprint density at radius 1 is 1.50 bits per heavy atom. The topological polar surface area (TPSA) is 49.7 Å². The highest BCUT2D eigenvalue weighted by Crippen LogP contribution is 2.60. The zero-order valence-electron chi connectivity index (χ0n) is 7.58. The molecule has 1 saturated heterocycles. The highest BCUT2D eigenvalue weighted by atomic mass is 16.6. The van der Waals surface area contributed by atoms with E-state index in [1.807, 2.05) is 0 Å². The Hall–Kier alpha value is -0.120. The molecule has 1 aliphatic carbocycles. The third-order valence-corrected chi connectivity index (χ3v) is 3.70. The Morgan fingerprint density at radius 2 is 2.17 bits per heavy atom. The van der Waals surface area contributed by atoms with Crippen LogP contribution in [0.5, 0.6) is 0 Å². The zero-order chi connectivity index (χ0) is 8.98. The van der Waals surface area contributed by atoms with Gasteiger partial charge in [0.05, 0.1) is 12.7 Å². The minimum Gasteiger partial charge on any atom is -0.394 e. The van der Waals surface area contributed by atoms with Gasteiger partial charge in [0.15, 0.2) is 5.79 Å². The molecule has 1 aliphatic heterocycles. The normalized spacial score (nSPS) is 58.0. The first-order valence-electron chi connectivity index (χ1n) is 4.52. The van der Waals surface area contributed by atoms with Crippen LogP contribution in [0.15, 0.2) is 0 Å². The molecule has 0 spiro atoms. The predicted octanol–water partition coefficient (Wildman–Crippen LogP) is 0.502. The van der Waals surface area contributed by atoms with Crippen molar-refractivity contribution in [2.75, 3.05) is 6.61 Å². The minimum atomic E-state index is -1.01. The monoisotopic (exact) mass is 172 g/mol. The number of aliphatic hydroxyl groups is 2. The molecule has 3 heteroatoms. The summed E-state index contributed by atoms with van der Waals surface area (Å²) in [5.74, 6) is -0.803. The third-order valence-electron chi connectivity index (χ3n) is 3.70. The molecular formula is C9H16O3. The van der Waals surface area contributed by atoms with E-state index in [2.05, 4.69) is 6.92 Å². The van der Waals surface area contributed by atoms with Crippen LogP contribution in [-0.2, 0) is 4.74 Å². The maximum atomic E-state index is 9.82. The zero-order valence-corrected chi connectivity index (χ0v) is 7.58. The summed E-state index contributed by atoms with van der Waals surface area (Å²) in [5, 5.41) is 18.9. The fourth-order valence-electron chi connectivity index (χ4n) is 2.76. The SMILES string of the molecule is CC1(O)OC(CO)C2(C)CCC12. The van der Waals surface area contributed by atoms with Crippen molar-refractivity contribution in [2.45, 2.75) is 38.6 Å². The molecule has 70 valence electrons. The highest BCUT2D eigenvalue weighted by Gasteiger charge is 2.63. The molecule has 1 saturated carbocycles. The van der Waals surface area contributed by atoms with E-state index in [4.69, 9.17) is 9.84 Å². The first-order chi connectivity index (χ1) is 5.50. The number of hydrogen-bond acceptors (Lipinski definition) is 3. The molecule has 0 amide bonds. The molecule has 0 aromatic heterocycles. The highest BCUT2D eigenvalue weighted by molar-refractivity contribution is 5.07. The van der Waals surface area contributed by atoms with Crippen molar-refractivity contribution in [2.24, 2.45) is 11.3 Å². The molecule has 0 bridgehead atoms. The number of aliphatic hydroxyl groups excluding tert-OH is 1. The van der Waals surface area contributed by atoms with E-state index in [-0.39, 0.29) is 24.0 Å². The van der Waals surface area contributed by atoms with Gasteiger partial charge in [0, 0.05) is 11.3 Å². The van der Waals surface area contributed by atoms with E-state index in [1.165, 1.54) is 0 Å². The summed E-state index contributed by atoms with van der Waals surface area (Å²) in [5.41, 5.74) is 0.0122. The van der Waals surface area contributed by atoms with Crippen molar-refractivity contribution in [1.29, 1.82) is 0 Å². The lowest BCUT2D eigenvalue weighted by Gasteiger charge is -2.45. The maximum Gasteiger partial charge on any atom is 0.166 e. The van der Waals surface area contributed by atoms with Gasteiger partial charge in [-0.1, -0.05) is 6.92 Å². The van der Waals surface area contributed by atoms with Crippen molar-refractivity contribution >= 4 is 0 Å². The Labute approximate surface area is 72.3 Å². The van der Waals surface area contributed by atoms with Crippen molar-refractivity contribution in [3.05, 3.63) is 0 Å². The van der Waals surface area contributed by atoms with Gasteiger partial charge in [0.25, 0.3) is 0 Å². The summed E-state index contributed by atoms with van der Waals surface area (Å²) < 4.78 is 5.39. The van der Waals surface area contributed by atoms with Gasteiger partial charge in [-0.05, 0) is 19.8 Å². The molecule has 0 radical (unpaired) electrons. The smallest absolute Gasteiger partial charge is 0.166 e. The van der Waals surface area contributed by atoms with Crippen LogP contribution >= 0.6 is 0 Å². The van der Waals surface area contributed by atoms with Gasteiger partial charge < -0.3 is 14.9 Å². The molecule has 0 aromatic rings. The molecule has 4 atom stereocenters. The molecule has 1 heterocycles. The van der Waals surface area contributed by atoms with Crippen LogP contribution in [0.25, 0.3) is 0 Å². The van der Waals surface area contributed by atoms with Crippen LogP contribution in [0.1, 0.15) is 26.7 Å². The van der Waals surface area contributed by atoms with Gasteiger partial charge in [-0.15, -0.1) is 0 Å². The lowest BCUT2D eigenvalue weighted by molar-refractivity contribution is -0.204. The molecule has 0 aromatic carbocycles. The largest absolute Gasteiger partial charge is 0.394 e. The quantitative estimate of drug-likeness (QED) is 0.605. The Morgan fingerprint density at radius 3 is 2.42 bits per heavy atom. The second-order valence-electron chi connectivity index (χ2n) is 4.44. The number of hydrogen-bond donors (Lipinski definition) is 2. The fourth-order valence-corrected chi connectivity index (χ4v) is 2.76. The predicted molar refractivity (Wildman–Crippen MR) is 43.4 cm³/mol. The summed E-state index contributed by atoms with van der Waals surface area (Å²) in [7, 11) is 0. The van der Waals surface area contributed by atoms with Crippen LogP contribution in [0, 0.1) is 11.3 Å². The summed E-state index contributed by atoms with van der Waals surface area (Å²) in [6.45, 7) is 3.80. The first kappa shape index (κ1) is 8.48. The molecule has 2 aliphatic rings. The van der Waals surface area contributed by atoms with E-state index in [9.17, 15) is 5.11 Å². The van der Waals surface area contributed by atoms with Crippen LogP contribution in [0.4, 0.5) is 0 Å². The third kappa shape index (κ3) is 0.817. The second-order valence-corrected chi connectivity index (χ2v) is 4.44. The van der Waals surface area contributed by atoms with Crippen molar-refractivity contribution in [3.8, 4) is 0 Å². The summed E-state index contributed by atoms with van der Waals surface area (Å²) in [6.07, 6.45) is 1.89. The molecule has 2 N–H and O–H groups in total. The van der Waals surface area contributed by atoms with E-state index in [0.29, 0.717) is 0 Å². The number of fused-ring (bicyclic) bond motifs is 1. The molecule has 12 heavy (non-hydrogen) atoms. The van der Waals surface area contributed by atoms with Gasteiger partial charge >= 0.3 is 0 Å². The molecule has 3 nitrogen and oxygen atoms in total. The standard InChI is InChI=1S/C9H16O3/c1-8-4-3-6(8)9(2,11)12-7(8)5-10/h6-7,10-11H,3-5H2,1-2H3. The number of ether oxygens (including phenoxy) is 1. The second kappa shape index (κ2) is 2.22. The van der Waals surface area contributed by atoms with E-state index in [1.54, 1.807) is 6.92 Å². The Kier molecular flexibility index (Phi) is 1.57. The van der Waals surface area contributed by atoms with Gasteiger partial charge in [-0.3, -0.25) is 0 Å². The average molecular weight is 172 g/mol. The van der Waals surface area contributed by atoms with E-state index < -0.39 is 5.79 Å². The molecule has 2 fully saturated rings. The Bertz CT molecular complexity index is 202. The number of rotatable bonds is 1. The van der Waals surface area contributed by atoms with Gasteiger partial charge in [-0.25, -0.2) is 0 Å². The van der Waals surface area contributed by atoms with E-state index in [0.717, 1.165) is 12.8 Å². The van der Waals surface area contributed by atoms with Gasteiger partial charge in [0.1, 0.15) is 0 Å². The summed E-state index contributed by atoms with van der Waals surface area (Å²) in [4.78, 5) is 0. The lowest BCUT2D eigenvalue weighted by atomic mass is 9.58. The molecule has 2 rings (SSSR count). The van der Waals surface area contributed by atoms with Crippen LogP contribution in [-0.4, -0.2) is 28.7 Å². The van der Waals surface area contributed by atoms with Crippen molar-refractivity contribution in [1.82, 2.24) is 0 Å². The van der Waals surface area contributed by atoms with Crippen molar-refractivity contribution in [3.63, 3.8) is 0 Å². The van der Waals surface area contributed by atoms with Crippen molar-refractivity contribution < 1.29 is 14.9 Å². The minimum absolute atomic E-state index is 0.0122. The Balaban J connectivity index is 2.24. The fraction of sp³-hybridized carbons (Fsp3) is 1.00. The average Bonchev–Trinajstić information content (AvgIpc) is 2.06.